The van der Waals surface area contributed by atoms with Crippen molar-refractivity contribution in [2.45, 2.75) is 6.92 Å². The molecule has 3 heterocycles. The van der Waals surface area contributed by atoms with Crippen molar-refractivity contribution in [3.63, 3.8) is 0 Å². The molecule has 29 heavy (non-hydrogen) atoms. The van der Waals surface area contributed by atoms with E-state index in [4.69, 9.17) is 10.5 Å². The zero-order chi connectivity index (χ0) is 20.7. The second-order valence-corrected chi connectivity index (χ2v) is 6.44. The lowest BCUT2D eigenvalue weighted by molar-refractivity contribution is 0.0600. The molecule has 0 aliphatic heterocycles. The van der Waals surface area contributed by atoms with Gasteiger partial charge in [-0.25, -0.2) is 18.9 Å². The van der Waals surface area contributed by atoms with Crippen LogP contribution in [0, 0.1) is 12.7 Å². The van der Waals surface area contributed by atoms with E-state index in [2.05, 4.69) is 10.1 Å². The molecular weight excluding hydrogens is 377 g/mol. The van der Waals surface area contributed by atoms with Crippen LogP contribution >= 0.6 is 0 Å². The zero-order valence-corrected chi connectivity index (χ0v) is 15.6. The lowest BCUT2D eigenvalue weighted by Gasteiger charge is -2.07. The number of methoxy groups -OCH3 is 1. The van der Waals surface area contributed by atoms with Crippen molar-refractivity contribution in [1.82, 2.24) is 19.2 Å². The van der Waals surface area contributed by atoms with Crippen LogP contribution < -0.4 is 5.73 Å². The Morgan fingerprint density at radius 1 is 1.17 bits per heavy atom. The van der Waals surface area contributed by atoms with E-state index in [1.54, 1.807) is 52.9 Å². The quantitative estimate of drug-likeness (QED) is 0.537. The van der Waals surface area contributed by atoms with Crippen molar-refractivity contribution in [2.75, 3.05) is 7.11 Å². The molecule has 4 aromatic rings. The molecule has 2 N–H and O–H groups in total. The molecule has 0 unspecified atom stereocenters. The first-order valence-corrected chi connectivity index (χ1v) is 8.60. The molecule has 0 aliphatic rings. The fraction of sp³-hybridized carbons (Fsp3) is 0.100. The van der Waals surface area contributed by atoms with Crippen molar-refractivity contribution in [2.24, 2.45) is 5.73 Å². The summed E-state index contributed by atoms with van der Waals surface area (Å²) in [5.41, 5.74) is 8.01. The summed E-state index contributed by atoms with van der Waals surface area (Å²) >= 11 is 0. The van der Waals surface area contributed by atoms with Crippen LogP contribution in [0.25, 0.3) is 22.6 Å². The number of imidazole rings is 1. The van der Waals surface area contributed by atoms with Crippen molar-refractivity contribution in [1.29, 1.82) is 0 Å². The van der Waals surface area contributed by atoms with Crippen LogP contribution in [0.3, 0.4) is 0 Å². The maximum atomic E-state index is 14.0. The number of halogens is 1. The standard InChI is InChI=1S/C20H16FN5O3/c1-11-5-16(21)15(19(22)27)6-14(11)13-7-24-26(10-13)18-8-23-17-4-3-12(9-25(17)18)20(28)29-2/h3-10H,1-2H3,(H2,22,27). The first-order chi connectivity index (χ1) is 13.9. The number of ether oxygens (including phenoxy) is 1. The molecular formula is C20H16FN5O3. The molecule has 0 fully saturated rings. The van der Waals surface area contributed by atoms with E-state index in [-0.39, 0.29) is 5.56 Å². The highest BCUT2D eigenvalue weighted by Gasteiger charge is 2.16. The highest BCUT2D eigenvalue weighted by Crippen LogP contribution is 2.27. The van der Waals surface area contributed by atoms with Crippen LogP contribution in [-0.4, -0.2) is 38.2 Å². The molecule has 0 atom stereocenters. The van der Waals surface area contributed by atoms with Gasteiger partial charge in [-0.3, -0.25) is 9.20 Å². The number of primary amides is 1. The minimum Gasteiger partial charge on any atom is -0.465 e. The topological polar surface area (TPSA) is 105 Å². The number of rotatable bonds is 4. The van der Waals surface area contributed by atoms with E-state index in [0.717, 1.165) is 0 Å². The largest absolute Gasteiger partial charge is 0.465 e. The first kappa shape index (κ1) is 18.4. The highest BCUT2D eigenvalue weighted by molar-refractivity contribution is 5.94. The van der Waals surface area contributed by atoms with Crippen molar-refractivity contribution < 1.29 is 18.7 Å². The van der Waals surface area contributed by atoms with E-state index in [1.165, 1.54) is 19.2 Å². The number of fused-ring (bicyclic) bond motifs is 1. The monoisotopic (exact) mass is 393 g/mol. The molecule has 0 radical (unpaired) electrons. The van der Waals surface area contributed by atoms with Gasteiger partial charge < -0.3 is 10.5 Å². The minimum atomic E-state index is -0.840. The molecule has 0 saturated carbocycles. The first-order valence-electron chi connectivity index (χ1n) is 8.60. The Kier molecular flexibility index (Phi) is 4.34. The summed E-state index contributed by atoms with van der Waals surface area (Å²) in [5.74, 6) is -1.38. The number of nitrogens with two attached hydrogens (primary N) is 1. The smallest absolute Gasteiger partial charge is 0.339 e. The Hall–Kier alpha value is -4.01. The lowest BCUT2D eigenvalue weighted by atomic mass is 10.00. The van der Waals surface area contributed by atoms with Gasteiger partial charge in [-0.05, 0) is 42.3 Å². The maximum absolute atomic E-state index is 14.0. The second-order valence-electron chi connectivity index (χ2n) is 6.44. The maximum Gasteiger partial charge on any atom is 0.339 e. The molecule has 3 aromatic heterocycles. The number of hydrogen-bond donors (Lipinski definition) is 1. The predicted molar refractivity (Wildman–Crippen MR) is 102 cm³/mol. The number of hydrogen-bond acceptors (Lipinski definition) is 5. The highest BCUT2D eigenvalue weighted by atomic mass is 19.1. The number of aryl methyl sites for hydroxylation is 1. The van der Waals surface area contributed by atoms with Gasteiger partial charge in [0, 0.05) is 18.0 Å². The number of carbonyl (C=O) groups is 2. The number of nitrogens with zero attached hydrogens (tertiary/aromatic N) is 4. The molecule has 1 aromatic carbocycles. The van der Waals surface area contributed by atoms with Crippen LogP contribution in [0.5, 0.6) is 0 Å². The fourth-order valence-electron chi connectivity index (χ4n) is 3.14. The average Bonchev–Trinajstić information content (AvgIpc) is 3.33. The number of benzene rings is 1. The van der Waals surface area contributed by atoms with Crippen LogP contribution in [0.15, 0.2) is 49.1 Å². The molecule has 4 rings (SSSR count). The van der Waals surface area contributed by atoms with E-state index in [9.17, 15) is 14.0 Å². The van der Waals surface area contributed by atoms with E-state index < -0.39 is 17.7 Å². The molecule has 1 amide bonds. The Labute approximate surface area is 164 Å². The SMILES string of the molecule is COC(=O)c1ccc2ncc(-n3cc(-c4cc(C(N)=O)c(F)cc4C)cn3)n2c1. The van der Waals surface area contributed by atoms with Gasteiger partial charge in [0.2, 0.25) is 0 Å². The zero-order valence-electron chi connectivity index (χ0n) is 15.6. The summed E-state index contributed by atoms with van der Waals surface area (Å²) in [6.45, 7) is 1.73. The summed E-state index contributed by atoms with van der Waals surface area (Å²) in [5, 5.41) is 4.35. The van der Waals surface area contributed by atoms with Gasteiger partial charge in [-0.2, -0.15) is 5.10 Å². The van der Waals surface area contributed by atoms with Crippen LogP contribution in [0.2, 0.25) is 0 Å². The fourth-order valence-corrected chi connectivity index (χ4v) is 3.14. The number of aromatic nitrogens is 4. The number of esters is 1. The van der Waals surface area contributed by atoms with Gasteiger partial charge in [-0.1, -0.05) is 0 Å². The van der Waals surface area contributed by atoms with Gasteiger partial charge >= 0.3 is 5.97 Å². The Balaban J connectivity index is 1.80. The Bertz CT molecular complexity index is 1270. The summed E-state index contributed by atoms with van der Waals surface area (Å²) in [6, 6.07) is 6.00. The number of amides is 1. The third-order valence-electron chi connectivity index (χ3n) is 4.62. The summed E-state index contributed by atoms with van der Waals surface area (Å²) in [7, 11) is 1.31. The normalized spacial score (nSPS) is 11.0. The lowest BCUT2D eigenvalue weighted by Crippen LogP contribution is -2.13. The van der Waals surface area contributed by atoms with Crippen molar-refractivity contribution >= 4 is 17.5 Å². The van der Waals surface area contributed by atoms with E-state index >= 15 is 0 Å². The molecule has 0 bridgehead atoms. The summed E-state index contributed by atoms with van der Waals surface area (Å²) < 4.78 is 22.0. The Morgan fingerprint density at radius 2 is 1.97 bits per heavy atom. The van der Waals surface area contributed by atoms with Crippen LogP contribution in [0.4, 0.5) is 4.39 Å². The third-order valence-corrected chi connectivity index (χ3v) is 4.62. The van der Waals surface area contributed by atoms with Gasteiger partial charge in [0.05, 0.1) is 30.6 Å². The number of pyridine rings is 1. The second kappa shape index (κ2) is 6.86. The van der Waals surface area contributed by atoms with E-state index in [0.29, 0.717) is 33.7 Å². The van der Waals surface area contributed by atoms with Crippen LogP contribution in [-0.2, 0) is 4.74 Å². The summed E-state index contributed by atoms with van der Waals surface area (Å²) in [6.07, 6.45) is 6.53. The molecule has 146 valence electrons. The molecule has 0 spiro atoms. The molecule has 0 saturated heterocycles. The van der Waals surface area contributed by atoms with Gasteiger partial charge in [0.15, 0.2) is 5.82 Å². The van der Waals surface area contributed by atoms with Crippen LogP contribution in [0.1, 0.15) is 26.3 Å². The molecule has 0 aliphatic carbocycles. The molecule has 8 nitrogen and oxygen atoms in total. The summed E-state index contributed by atoms with van der Waals surface area (Å²) in [4.78, 5) is 27.6. The van der Waals surface area contributed by atoms with Gasteiger partial charge in [-0.15, -0.1) is 0 Å². The predicted octanol–water partition coefficient (Wildman–Crippen LogP) is 2.52. The van der Waals surface area contributed by atoms with E-state index in [1.807, 2.05) is 0 Å². The van der Waals surface area contributed by atoms with Crippen molar-refractivity contribution in [3.05, 3.63) is 71.6 Å². The third kappa shape index (κ3) is 3.12. The van der Waals surface area contributed by atoms with Gasteiger partial charge in [0.1, 0.15) is 11.5 Å². The number of carbonyl (C=O) groups excluding carboxylic acids is 2. The van der Waals surface area contributed by atoms with Gasteiger partial charge in [0.25, 0.3) is 5.91 Å². The Morgan fingerprint density at radius 3 is 2.69 bits per heavy atom. The van der Waals surface area contributed by atoms with Crippen molar-refractivity contribution in [3.8, 4) is 16.9 Å². The average molecular weight is 393 g/mol. The molecule has 9 heteroatoms. The minimum absolute atomic E-state index is 0.184.